The van der Waals surface area contributed by atoms with Crippen molar-refractivity contribution < 1.29 is 14.7 Å². The number of benzene rings is 1. The smallest absolute Gasteiger partial charge is 0.290 e. The predicted octanol–water partition coefficient (Wildman–Crippen LogP) is 3.14. The molecule has 1 amide bonds. The summed E-state index contributed by atoms with van der Waals surface area (Å²) in [5.74, 6) is 1.27. The minimum Gasteiger partial charge on any atom is -0.483 e. The van der Waals surface area contributed by atoms with Crippen molar-refractivity contribution in [3.05, 3.63) is 29.5 Å². The van der Waals surface area contributed by atoms with Crippen molar-refractivity contribution >= 4 is 23.3 Å². The lowest BCUT2D eigenvalue weighted by Gasteiger charge is -2.44. The Morgan fingerprint density at radius 3 is 2.55 bits per heavy atom. The third-order valence-electron chi connectivity index (χ3n) is 6.85. The zero-order valence-corrected chi connectivity index (χ0v) is 16.8. The number of hydrogen-bond acceptors (Lipinski definition) is 4. The second-order valence-corrected chi connectivity index (χ2v) is 8.54. The van der Waals surface area contributed by atoms with Gasteiger partial charge in [0.05, 0.1) is 5.52 Å². The molecule has 1 saturated carbocycles. The van der Waals surface area contributed by atoms with E-state index in [0.29, 0.717) is 17.5 Å². The first kappa shape index (κ1) is 19.9. The fourth-order valence-electron chi connectivity index (χ4n) is 5.27. The molecule has 3 saturated heterocycles. The molecule has 3 aliphatic heterocycles. The van der Waals surface area contributed by atoms with Crippen LogP contribution in [0.1, 0.15) is 66.9 Å². The lowest BCUT2D eigenvalue weighted by atomic mass is 9.83. The second-order valence-electron chi connectivity index (χ2n) is 8.54. The number of nitrogens with zero attached hydrogens (tertiary/aromatic N) is 2. The highest BCUT2D eigenvalue weighted by Gasteiger charge is 2.35. The maximum Gasteiger partial charge on any atom is 0.290 e. The number of carbonyl (C=O) groups excluding carboxylic acids is 1. The van der Waals surface area contributed by atoms with Crippen LogP contribution >= 0.6 is 0 Å². The van der Waals surface area contributed by atoms with Crippen LogP contribution in [0.15, 0.2) is 18.2 Å². The van der Waals surface area contributed by atoms with E-state index in [9.17, 15) is 4.79 Å². The van der Waals surface area contributed by atoms with Crippen LogP contribution in [0, 0.1) is 5.92 Å². The number of aromatic amines is 1. The van der Waals surface area contributed by atoms with Crippen LogP contribution in [0.4, 0.5) is 0 Å². The molecule has 7 nitrogen and oxygen atoms in total. The molecule has 0 spiro atoms. The fourth-order valence-corrected chi connectivity index (χ4v) is 5.27. The van der Waals surface area contributed by atoms with Crippen molar-refractivity contribution in [2.24, 2.45) is 5.92 Å². The lowest BCUT2D eigenvalue weighted by molar-refractivity contribution is -0.122. The summed E-state index contributed by atoms with van der Waals surface area (Å²) >= 11 is 0. The number of hydrogen-bond donors (Lipinski definition) is 3. The molecule has 1 atom stereocenters. The van der Waals surface area contributed by atoms with Crippen LogP contribution in [0.2, 0.25) is 0 Å². The number of nitrogens with one attached hydrogen (secondary N) is 2. The van der Waals surface area contributed by atoms with Gasteiger partial charge in [0.1, 0.15) is 0 Å². The number of aromatic nitrogens is 2. The Hall–Kier alpha value is -2.41. The molecule has 0 radical (unpaired) electrons. The maximum absolute atomic E-state index is 12.8. The molecule has 2 aromatic rings. The minimum atomic E-state index is -0.250. The number of fused-ring (bicyclic) bond motifs is 4. The molecule has 1 aliphatic carbocycles. The van der Waals surface area contributed by atoms with Gasteiger partial charge in [0.2, 0.25) is 0 Å². The van der Waals surface area contributed by atoms with Gasteiger partial charge in [-0.3, -0.25) is 14.7 Å². The van der Waals surface area contributed by atoms with Crippen LogP contribution < -0.4 is 5.32 Å². The van der Waals surface area contributed by atoms with Gasteiger partial charge >= 0.3 is 0 Å². The Labute approximate surface area is 170 Å². The van der Waals surface area contributed by atoms with E-state index in [1.54, 1.807) is 0 Å². The zero-order chi connectivity index (χ0) is 20.2. The highest BCUT2D eigenvalue weighted by atomic mass is 16.3. The Morgan fingerprint density at radius 1 is 1.17 bits per heavy atom. The lowest BCUT2D eigenvalue weighted by Crippen LogP contribution is -2.57. The summed E-state index contributed by atoms with van der Waals surface area (Å²) in [4.78, 5) is 23.7. The van der Waals surface area contributed by atoms with Crippen molar-refractivity contribution in [2.75, 3.05) is 19.6 Å². The number of rotatable bonds is 3. The summed E-state index contributed by atoms with van der Waals surface area (Å²) in [6, 6.07) is 6.79. The van der Waals surface area contributed by atoms with Crippen molar-refractivity contribution in [3.63, 3.8) is 0 Å². The summed E-state index contributed by atoms with van der Waals surface area (Å²) in [6.07, 6.45) is 9.01. The molecule has 1 aromatic carbocycles. The minimum absolute atomic E-state index is 0.0274. The predicted molar refractivity (Wildman–Crippen MR) is 111 cm³/mol. The number of carboxylic acid groups (broad SMARTS) is 1. The topological polar surface area (TPSA) is 98.3 Å². The van der Waals surface area contributed by atoms with Gasteiger partial charge in [-0.2, -0.15) is 5.10 Å². The van der Waals surface area contributed by atoms with Gasteiger partial charge in [0, 0.05) is 18.0 Å². The third kappa shape index (κ3) is 4.29. The van der Waals surface area contributed by atoms with E-state index in [0.717, 1.165) is 17.4 Å². The fraction of sp³-hybridized carbons (Fsp3) is 0.591. The molecule has 156 valence electrons. The van der Waals surface area contributed by atoms with E-state index >= 15 is 0 Å². The number of piperidine rings is 3. The molecule has 3 N–H and O–H groups in total. The third-order valence-corrected chi connectivity index (χ3v) is 6.85. The quantitative estimate of drug-likeness (QED) is 0.690. The Balaban J connectivity index is 0.000000645. The van der Waals surface area contributed by atoms with Crippen LogP contribution in [0.3, 0.4) is 0 Å². The molecular weight excluding hydrogens is 368 g/mol. The van der Waals surface area contributed by atoms with E-state index in [-0.39, 0.29) is 18.4 Å². The summed E-state index contributed by atoms with van der Waals surface area (Å²) < 4.78 is 0. The Bertz CT molecular complexity index is 851. The van der Waals surface area contributed by atoms with Gasteiger partial charge in [-0.15, -0.1) is 0 Å². The van der Waals surface area contributed by atoms with E-state index < -0.39 is 0 Å². The van der Waals surface area contributed by atoms with Crippen molar-refractivity contribution in [1.29, 1.82) is 0 Å². The molecule has 6 rings (SSSR count). The van der Waals surface area contributed by atoms with Crippen molar-refractivity contribution in [1.82, 2.24) is 20.4 Å². The monoisotopic (exact) mass is 398 g/mol. The molecular formula is C22H30N4O3. The molecule has 29 heavy (non-hydrogen) atoms. The highest BCUT2D eigenvalue weighted by molar-refractivity contribution is 6.04. The van der Waals surface area contributed by atoms with Crippen LogP contribution in [-0.4, -0.2) is 58.3 Å². The van der Waals surface area contributed by atoms with E-state index in [1.807, 2.05) is 0 Å². The summed E-state index contributed by atoms with van der Waals surface area (Å²) in [5.41, 5.74) is 2.93. The van der Waals surface area contributed by atoms with Gasteiger partial charge in [-0.25, -0.2) is 0 Å². The molecule has 4 aliphatic rings. The van der Waals surface area contributed by atoms with Crippen molar-refractivity contribution in [2.45, 2.75) is 56.9 Å². The van der Waals surface area contributed by atoms with Gasteiger partial charge in [-0.1, -0.05) is 31.4 Å². The first-order valence-electron chi connectivity index (χ1n) is 10.8. The maximum atomic E-state index is 12.8. The van der Waals surface area contributed by atoms with E-state index in [1.165, 1.54) is 63.6 Å². The number of carbonyl (C=O) groups is 2. The van der Waals surface area contributed by atoms with E-state index in [2.05, 4.69) is 38.6 Å². The van der Waals surface area contributed by atoms with Crippen LogP contribution in [0.25, 0.3) is 10.9 Å². The Morgan fingerprint density at radius 2 is 1.90 bits per heavy atom. The standard InChI is InChI=1S/C21H28N4O.CH2O2/c26-21(22-19-13-25-10-8-15(19)9-11-25)20-17-7-6-16(12-18(17)23-24-20)14-4-2-1-3-5-14;2-1-3/h6-7,12,14-15,19H,1-5,8-11,13H2,(H,22,26)(H,23,24);1H,(H,2,3)/t19-;/m0./s1. The largest absolute Gasteiger partial charge is 0.483 e. The average Bonchev–Trinajstić information content (AvgIpc) is 3.19. The normalized spacial score (nSPS) is 26.6. The second kappa shape index (κ2) is 8.95. The average molecular weight is 399 g/mol. The van der Waals surface area contributed by atoms with Crippen LogP contribution in [0.5, 0.6) is 0 Å². The van der Waals surface area contributed by atoms with Crippen molar-refractivity contribution in [3.8, 4) is 0 Å². The molecule has 1 aromatic heterocycles. The zero-order valence-electron chi connectivity index (χ0n) is 16.8. The van der Waals surface area contributed by atoms with E-state index in [4.69, 9.17) is 9.90 Å². The summed E-state index contributed by atoms with van der Waals surface area (Å²) in [6.45, 7) is 3.11. The Kier molecular flexibility index (Phi) is 6.13. The first-order valence-corrected chi connectivity index (χ1v) is 10.8. The van der Waals surface area contributed by atoms with Gasteiger partial charge in [0.15, 0.2) is 5.69 Å². The molecule has 0 unspecified atom stereocenters. The summed E-state index contributed by atoms with van der Waals surface area (Å²) in [5, 5.41) is 18.6. The number of amides is 1. The number of H-pyrrole nitrogens is 1. The SMILES string of the molecule is O=C(N[C@H]1CN2CCC1CC2)c1n[nH]c2cc(C3CCCCC3)ccc12.O=CO. The molecule has 4 fully saturated rings. The molecule has 2 bridgehead atoms. The van der Waals surface area contributed by atoms with Crippen LogP contribution in [-0.2, 0) is 4.79 Å². The molecule has 4 heterocycles. The van der Waals surface area contributed by atoms with Gasteiger partial charge in [-0.05, 0) is 62.2 Å². The van der Waals surface area contributed by atoms with Gasteiger partial charge in [0.25, 0.3) is 12.4 Å². The highest BCUT2D eigenvalue weighted by Crippen LogP contribution is 2.34. The first-order chi connectivity index (χ1) is 14.2. The molecule has 7 heteroatoms. The van der Waals surface area contributed by atoms with Gasteiger partial charge < -0.3 is 15.3 Å². The summed E-state index contributed by atoms with van der Waals surface area (Å²) in [7, 11) is 0.